The van der Waals surface area contributed by atoms with Gasteiger partial charge in [0.2, 0.25) is 0 Å². The third-order valence-electron chi connectivity index (χ3n) is 4.22. The van der Waals surface area contributed by atoms with Crippen LogP contribution in [0.4, 0.5) is 0 Å². The fourth-order valence-electron chi connectivity index (χ4n) is 3.02. The van der Waals surface area contributed by atoms with Gasteiger partial charge in [0.15, 0.2) is 0 Å². The number of nitrogens with one attached hydrogen (secondary N) is 2. The van der Waals surface area contributed by atoms with Crippen LogP contribution in [0.2, 0.25) is 0 Å². The molecule has 1 atom stereocenters. The summed E-state index contributed by atoms with van der Waals surface area (Å²) >= 11 is 0. The van der Waals surface area contributed by atoms with E-state index in [-0.39, 0.29) is 17.6 Å². The topological polar surface area (TPSA) is 69.0 Å². The lowest BCUT2D eigenvalue weighted by Crippen LogP contribution is -2.44. The Morgan fingerprint density at radius 2 is 2.00 bits per heavy atom. The van der Waals surface area contributed by atoms with Gasteiger partial charge in [-0.1, -0.05) is 31.2 Å². The third kappa shape index (κ3) is 2.39. The van der Waals surface area contributed by atoms with Gasteiger partial charge in [-0.3, -0.25) is 4.79 Å². The molecule has 5 heteroatoms. The number of fused-ring (bicyclic) bond motifs is 1. The number of hydrogen-bond donors (Lipinski definition) is 2. The summed E-state index contributed by atoms with van der Waals surface area (Å²) in [6, 6.07) is 8.40. The predicted octanol–water partition coefficient (Wildman–Crippen LogP) is 1.99. The van der Waals surface area contributed by atoms with Gasteiger partial charge in [0.1, 0.15) is 5.69 Å². The summed E-state index contributed by atoms with van der Waals surface area (Å²) in [5.41, 5.74) is 3.14. The summed E-state index contributed by atoms with van der Waals surface area (Å²) in [4.78, 5) is 31.2. The highest BCUT2D eigenvalue weighted by Gasteiger charge is 2.30. The number of nitrogens with zero attached hydrogens (tertiary/aromatic N) is 1. The zero-order valence-electron chi connectivity index (χ0n) is 12.3. The van der Waals surface area contributed by atoms with E-state index in [4.69, 9.17) is 0 Å². The molecule has 1 aromatic carbocycles. The number of benzene rings is 1. The molecular weight excluding hydrogens is 266 g/mol. The number of carbonyl (C=O) groups is 1. The van der Waals surface area contributed by atoms with Gasteiger partial charge in [-0.15, -0.1) is 0 Å². The number of aromatic nitrogens is 2. The maximum absolute atomic E-state index is 12.7. The first-order valence-corrected chi connectivity index (χ1v) is 7.26. The van der Waals surface area contributed by atoms with Crippen molar-refractivity contribution in [1.29, 1.82) is 0 Å². The van der Waals surface area contributed by atoms with Crippen LogP contribution in [0.15, 0.2) is 29.1 Å². The van der Waals surface area contributed by atoms with Gasteiger partial charge in [-0.2, -0.15) is 0 Å². The molecule has 2 heterocycles. The summed E-state index contributed by atoms with van der Waals surface area (Å²) < 4.78 is 0. The molecule has 2 aromatic rings. The van der Waals surface area contributed by atoms with Gasteiger partial charge in [-0.05, 0) is 30.9 Å². The van der Waals surface area contributed by atoms with Crippen molar-refractivity contribution < 1.29 is 4.79 Å². The lowest BCUT2D eigenvalue weighted by molar-refractivity contribution is 0.0628. The van der Waals surface area contributed by atoms with Crippen LogP contribution < -0.4 is 5.69 Å². The van der Waals surface area contributed by atoms with Crippen molar-refractivity contribution in [3.8, 4) is 0 Å². The van der Waals surface area contributed by atoms with E-state index in [2.05, 4.69) is 29.0 Å². The van der Waals surface area contributed by atoms with Crippen molar-refractivity contribution in [3.05, 3.63) is 57.3 Å². The highest BCUT2D eigenvalue weighted by atomic mass is 16.2. The van der Waals surface area contributed by atoms with Gasteiger partial charge in [0, 0.05) is 18.3 Å². The second-order valence-corrected chi connectivity index (χ2v) is 5.55. The quantitative estimate of drug-likeness (QED) is 0.886. The van der Waals surface area contributed by atoms with Gasteiger partial charge >= 0.3 is 5.69 Å². The number of carbonyl (C=O) groups excluding carboxylic acids is 1. The monoisotopic (exact) mass is 285 g/mol. The number of hydrogen-bond acceptors (Lipinski definition) is 2. The SMILES string of the molecule is CCC1Cc2ccccc2CN1C(=O)c1[nH]c(=O)[nH]c1C. The first-order valence-electron chi connectivity index (χ1n) is 7.26. The average Bonchev–Trinajstić information content (AvgIpc) is 2.83. The number of rotatable bonds is 2. The van der Waals surface area contributed by atoms with Crippen molar-refractivity contribution in [2.75, 3.05) is 0 Å². The van der Waals surface area contributed by atoms with Crippen LogP contribution in [0, 0.1) is 6.92 Å². The number of imidazole rings is 1. The first kappa shape index (κ1) is 13.7. The van der Waals surface area contributed by atoms with Crippen molar-refractivity contribution in [3.63, 3.8) is 0 Å². The summed E-state index contributed by atoms with van der Waals surface area (Å²) in [6.45, 7) is 4.43. The number of aromatic amines is 2. The van der Waals surface area contributed by atoms with E-state index >= 15 is 0 Å². The summed E-state index contributed by atoms with van der Waals surface area (Å²) in [5.74, 6) is -0.104. The van der Waals surface area contributed by atoms with E-state index in [1.165, 1.54) is 11.1 Å². The molecule has 0 saturated carbocycles. The second-order valence-electron chi connectivity index (χ2n) is 5.55. The summed E-state index contributed by atoms with van der Waals surface area (Å²) in [7, 11) is 0. The Morgan fingerprint density at radius 3 is 2.62 bits per heavy atom. The highest BCUT2D eigenvalue weighted by molar-refractivity contribution is 5.93. The molecule has 0 saturated heterocycles. The molecule has 1 amide bonds. The van der Waals surface area contributed by atoms with Crippen LogP contribution in [0.1, 0.15) is 40.7 Å². The first-order chi connectivity index (χ1) is 10.1. The smallest absolute Gasteiger partial charge is 0.323 e. The maximum Gasteiger partial charge on any atom is 0.323 e. The molecule has 0 aliphatic carbocycles. The highest BCUT2D eigenvalue weighted by Crippen LogP contribution is 2.26. The van der Waals surface area contributed by atoms with E-state index in [1.54, 1.807) is 6.92 Å². The lowest BCUT2D eigenvalue weighted by atomic mass is 9.92. The fraction of sp³-hybridized carbons (Fsp3) is 0.375. The molecular formula is C16H19N3O2. The third-order valence-corrected chi connectivity index (χ3v) is 4.22. The van der Waals surface area contributed by atoms with Crippen LogP contribution >= 0.6 is 0 Å². The minimum atomic E-state index is -0.332. The Hall–Kier alpha value is -2.30. The van der Waals surface area contributed by atoms with E-state index in [0.717, 1.165) is 12.8 Å². The normalized spacial score (nSPS) is 17.6. The van der Waals surface area contributed by atoms with Crippen LogP contribution in [-0.4, -0.2) is 26.8 Å². The van der Waals surface area contributed by atoms with E-state index in [9.17, 15) is 9.59 Å². The Kier molecular flexibility index (Phi) is 3.41. The van der Waals surface area contributed by atoms with E-state index < -0.39 is 0 Å². The van der Waals surface area contributed by atoms with Crippen LogP contribution in [-0.2, 0) is 13.0 Å². The van der Waals surface area contributed by atoms with Crippen LogP contribution in [0.5, 0.6) is 0 Å². The Morgan fingerprint density at radius 1 is 1.29 bits per heavy atom. The minimum absolute atomic E-state index is 0.104. The molecule has 1 aromatic heterocycles. The van der Waals surface area contributed by atoms with Gasteiger partial charge in [-0.25, -0.2) is 4.79 Å². The van der Waals surface area contributed by atoms with Gasteiger partial charge in [0.05, 0.1) is 0 Å². The maximum atomic E-state index is 12.7. The molecule has 3 rings (SSSR count). The number of H-pyrrole nitrogens is 2. The molecule has 0 spiro atoms. The number of aryl methyl sites for hydroxylation is 1. The van der Waals surface area contributed by atoms with Crippen LogP contribution in [0.25, 0.3) is 0 Å². The Balaban J connectivity index is 1.95. The largest absolute Gasteiger partial charge is 0.330 e. The van der Waals surface area contributed by atoms with Gasteiger partial charge < -0.3 is 14.9 Å². The van der Waals surface area contributed by atoms with E-state index in [1.807, 2.05) is 17.0 Å². The van der Waals surface area contributed by atoms with Crippen LogP contribution in [0.3, 0.4) is 0 Å². The molecule has 0 radical (unpaired) electrons. The van der Waals surface area contributed by atoms with Crippen molar-refractivity contribution in [2.24, 2.45) is 0 Å². The predicted molar refractivity (Wildman–Crippen MR) is 80.2 cm³/mol. The van der Waals surface area contributed by atoms with Crippen molar-refractivity contribution in [2.45, 2.75) is 39.3 Å². The molecule has 1 aliphatic rings. The molecule has 0 bridgehead atoms. The van der Waals surface area contributed by atoms with Crippen molar-refractivity contribution in [1.82, 2.24) is 14.9 Å². The zero-order valence-corrected chi connectivity index (χ0v) is 12.3. The second kappa shape index (κ2) is 5.24. The Bertz CT molecular complexity index is 729. The van der Waals surface area contributed by atoms with Gasteiger partial charge in [0.25, 0.3) is 5.91 Å². The Labute approximate surface area is 123 Å². The zero-order chi connectivity index (χ0) is 15.0. The molecule has 5 nitrogen and oxygen atoms in total. The minimum Gasteiger partial charge on any atom is -0.330 e. The molecule has 21 heavy (non-hydrogen) atoms. The molecule has 110 valence electrons. The molecule has 2 N–H and O–H groups in total. The summed E-state index contributed by atoms with van der Waals surface area (Å²) in [6.07, 6.45) is 1.76. The standard InChI is InChI=1S/C16H19N3O2/c1-3-13-8-11-6-4-5-7-12(11)9-19(13)15(20)14-10(2)17-16(21)18-14/h4-7,13H,3,8-9H2,1-2H3,(H2,17,18,21). The lowest BCUT2D eigenvalue weighted by Gasteiger charge is -2.36. The van der Waals surface area contributed by atoms with Crippen molar-refractivity contribution >= 4 is 5.91 Å². The fourth-order valence-corrected chi connectivity index (χ4v) is 3.02. The molecule has 1 aliphatic heterocycles. The molecule has 0 fully saturated rings. The average molecular weight is 285 g/mol. The number of amides is 1. The summed E-state index contributed by atoms with van der Waals surface area (Å²) in [5, 5.41) is 0. The molecule has 1 unspecified atom stereocenters. The van der Waals surface area contributed by atoms with E-state index in [0.29, 0.717) is 17.9 Å².